The van der Waals surface area contributed by atoms with Crippen LogP contribution in [0.5, 0.6) is 0 Å². The predicted molar refractivity (Wildman–Crippen MR) is 120 cm³/mol. The van der Waals surface area contributed by atoms with Crippen molar-refractivity contribution >= 4 is 46.1 Å². The van der Waals surface area contributed by atoms with Crippen molar-refractivity contribution in [1.82, 2.24) is 15.3 Å². The van der Waals surface area contributed by atoms with Gasteiger partial charge in [-0.3, -0.25) is 4.79 Å². The number of nitrogens with one attached hydrogen (secondary N) is 1. The lowest BCUT2D eigenvalue weighted by Crippen LogP contribution is -2.27. The molecule has 29 heavy (non-hydrogen) atoms. The highest BCUT2D eigenvalue weighted by Gasteiger charge is 2.20. The van der Waals surface area contributed by atoms with Crippen LogP contribution in [0, 0.1) is 0 Å². The number of aromatic nitrogens is 2. The zero-order chi connectivity index (χ0) is 20.1. The van der Waals surface area contributed by atoms with Crippen molar-refractivity contribution in [2.24, 2.45) is 0 Å². The Morgan fingerprint density at radius 3 is 2.45 bits per heavy atom. The van der Waals surface area contributed by atoms with Gasteiger partial charge in [-0.2, -0.15) is 0 Å². The molecule has 1 N–H and O–H groups in total. The van der Waals surface area contributed by atoms with Crippen molar-refractivity contribution in [2.45, 2.75) is 24.3 Å². The summed E-state index contributed by atoms with van der Waals surface area (Å²) in [6.45, 7) is 2.59. The molecule has 0 unspecified atom stereocenters. The molecule has 0 spiro atoms. The van der Waals surface area contributed by atoms with E-state index in [0.717, 1.165) is 52.0 Å². The quantitative estimate of drug-likeness (QED) is 0.569. The minimum Gasteiger partial charge on any atom is -0.355 e. The number of amides is 1. The molecule has 0 atom stereocenters. The van der Waals surface area contributed by atoms with Gasteiger partial charge in [-0.1, -0.05) is 47.6 Å². The average molecular weight is 427 g/mol. The van der Waals surface area contributed by atoms with Gasteiger partial charge in [0.25, 0.3) is 0 Å². The van der Waals surface area contributed by atoms with E-state index in [1.807, 2.05) is 48.5 Å². The molecule has 0 radical (unpaired) electrons. The number of fused-ring (bicyclic) bond motifs is 1. The van der Waals surface area contributed by atoms with E-state index in [-0.39, 0.29) is 5.91 Å². The summed E-state index contributed by atoms with van der Waals surface area (Å²) in [5.41, 5.74) is 2.91. The summed E-state index contributed by atoms with van der Waals surface area (Å²) < 4.78 is 0. The normalized spacial score (nSPS) is 13.8. The maximum Gasteiger partial charge on any atom is 0.230 e. The molecule has 150 valence electrons. The first kappa shape index (κ1) is 20.0. The number of anilines is 1. The van der Waals surface area contributed by atoms with Crippen LogP contribution in [0.3, 0.4) is 0 Å². The Hall–Kier alpha value is -2.31. The lowest BCUT2D eigenvalue weighted by atomic mass is 10.1. The number of hydrogen-bond donors (Lipinski definition) is 1. The Labute approximate surface area is 179 Å². The summed E-state index contributed by atoms with van der Waals surface area (Å²) in [6, 6.07) is 15.6. The van der Waals surface area contributed by atoms with Gasteiger partial charge in [0.1, 0.15) is 5.03 Å². The fourth-order valence-corrected chi connectivity index (χ4v) is 4.35. The molecule has 2 aromatic carbocycles. The Morgan fingerprint density at radius 1 is 1.03 bits per heavy atom. The van der Waals surface area contributed by atoms with Gasteiger partial charge in [-0.25, -0.2) is 9.97 Å². The van der Waals surface area contributed by atoms with Gasteiger partial charge in [0.05, 0.1) is 16.8 Å². The van der Waals surface area contributed by atoms with E-state index in [2.05, 4.69) is 10.2 Å². The first-order valence-corrected chi connectivity index (χ1v) is 11.2. The van der Waals surface area contributed by atoms with Gasteiger partial charge in [0.15, 0.2) is 5.82 Å². The van der Waals surface area contributed by atoms with Gasteiger partial charge in [0.2, 0.25) is 5.91 Å². The first-order valence-electron chi connectivity index (χ1n) is 9.85. The summed E-state index contributed by atoms with van der Waals surface area (Å²) in [4.78, 5) is 24.3. The van der Waals surface area contributed by atoms with Gasteiger partial charge >= 0.3 is 0 Å². The standard InChI is InChI=1S/C22H23ClN4OS/c23-17-9-7-16(8-10-17)11-12-24-20(28)15-29-22-21(27-13-3-4-14-27)25-18-5-1-2-6-19(18)26-22/h1-2,5-10H,3-4,11-15H2,(H,24,28). The second-order valence-corrected chi connectivity index (χ2v) is 8.45. The fourth-order valence-electron chi connectivity index (χ4n) is 3.39. The number of thioether (sulfide) groups is 1. The number of carbonyl (C=O) groups is 1. The van der Waals surface area contributed by atoms with Crippen LogP contribution >= 0.6 is 23.4 Å². The molecular formula is C22H23ClN4OS. The van der Waals surface area contributed by atoms with Crippen molar-refractivity contribution < 1.29 is 4.79 Å². The van der Waals surface area contributed by atoms with Gasteiger partial charge in [-0.15, -0.1) is 0 Å². The molecule has 1 saturated heterocycles. The van der Waals surface area contributed by atoms with Gasteiger partial charge in [-0.05, 0) is 49.1 Å². The molecule has 1 aromatic heterocycles. The van der Waals surface area contributed by atoms with E-state index >= 15 is 0 Å². The van der Waals surface area contributed by atoms with E-state index in [9.17, 15) is 4.79 Å². The Morgan fingerprint density at radius 2 is 1.72 bits per heavy atom. The lowest BCUT2D eigenvalue weighted by molar-refractivity contribution is -0.118. The van der Waals surface area contributed by atoms with Crippen molar-refractivity contribution in [3.8, 4) is 0 Å². The molecule has 1 aliphatic heterocycles. The van der Waals surface area contributed by atoms with E-state index in [1.165, 1.54) is 24.6 Å². The summed E-state index contributed by atoms with van der Waals surface area (Å²) in [5, 5.41) is 4.54. The van der Waals surface area contributed by atoms with Crippen LogP contribution in [0.25, 0.3) is 11.0 Å². The highest BCUT2D eigenvalue weighted by atomic mass is 35.5. The monoisotopic (exact) mass is 426 g/mol. The van der Waals surface area contributed by atoms with Crippen LogP contribution in [0.1, 0.15) is 18.4 Å². The number of rotatable bonds is 7. The Kier molecular flexibility index (Phi) is 6.52. The van der Waals surface area contributed by atoms with Crippen LogP contribution in [0.4, 0.5) is 5.82 Å². The summed E-state index contributed by atoms with van der Waals surface area (Å²) in [6.07, 6.45) is 3.12. The molecule has 1 aliphatic rings. The van der Waals surface area contributed by atoms with Crippen LogP contribution in [0.15, 0.2) is 53.6 Å². The third kappa shape index (κ3) is 5.19. The van der Waals surface area contributed by atoms with Crippen LogP contribution in [0.2, 0.25) is 5.02 Å². The van der Waals surface area contributed by atoms with E-state index in [1.54, 1.807) is 0 Å². The van der Waals surface area contributed by atoms with Crippen LogP contribution in [-0.4, -0.2) is 41.3 Å². The SMILES string of the molecule is O=C(CSc1nc2ccccc2nc1N1CCCC1)NCCc1ccc(Cl)cc1. The predicted octanol–water partition coefficient (Wildman–Crippen LogP) is 4.33. The van der Waals surface area contributed by atoms with E-state index < -0.39 is 0 Å². The minimum absolute atomic E-state index is 0.00583. The zero-order valence-corrected chi connectivity index (χ0v) is 17.7. The fraction of sp³-hybridized carbons (Fsp3) is 0.318. The molecule has 5 nitrogen and oxygen atoms in total. The highest BCUT2D eigenvalue weighted by Crippen LogP contribution is 2.31. The number of para-hydroxylation sites is 2. The topological polar surface area (TPSA) is 58.1 Å². The first-order chi connectivity index (χ1) is 14.2. The number of benzene rings is 2. The molecule has 4 rings (SSSR count). The minimum atomic E-state index is 0.00583. The van der Waals surface area contributed by atoms with Crippen molar-refractivity contribution in [2.75, 3.05) is 30.3 Å². The summed E-state index contributed by atoms with van der Waals surface area (Å²) in [7, 11) is 0. The van der Waals surface area contributed by atoms with Crippen molar-refractivity contribution in [1.29, 1.82) is 0 Å². The average Bonchev–Trinajstić information content (AvgIpc) is 3.28. The molecule has 0 bridgehead atoms. The van der Waals surface area contributed by atoms with Gasteiger partial charge < -0.3 is 10.2 Å². The molecule has 0 aliphatic carbocycles. The third-order valence-corrected chi connectivity index (χ3v) is 6.12. The summed E-state index contributed by atoms with van der Waals surface area (Å²) in [5.74, 6) is 1.24. The summed E-state index contributed by atoms with van der Waals surface area (Å²) >= 11 is 7.37. The van der Waals surface area contributed by atoms with Crippen molar-refractivity contribution in [3.05, 3.63) is 59.1 Å². The molecule has 7 heteroatoms. The smallest absolute Gasteiger partial charge is 0.230 e. The second-order valence-electron chi connectivity index (χ2n) is 7.05. The number of carbonyl (C=O) groups excluding carboxylic acids is 1. The molecular weight excluding hydrogens is 404 g/mol. The number of hydrogen-bond acceptors (Lipinski definition) is 5. The molecule has 2 heterocycles. The molecule has 1 amide bonds. The molecule has 0 saturated carbocycles. The van der Waals surface area contributed by atoms with Gasteiger partial charge in [0, 0.05) is 24.7 Å². The number of nitrogens with zero attached hydrogens (tertiary/aromatic N) is 3. The number of halogens is 1. The maximum absolute atomic E-state index is 12.3. The highest BCUT2D eigenvalue weighted by molar-refractivity contribution is 8.00. The second kappa shape index (κ2) is 9.46. The third-order valence-electron chi connectivity index (χ3n) is 4.92. The van der Waals surface area contributed by atoms with Crippen molar-refractivity contribution in [3.63, 3.8) is 0 Å². The van der Waals surface area contributed by atoms with Crippen LogP contribution < -0.4 is 10.2 Å². The Bertz CT molecular complexity index is 990. The van der Waals surface area contributed by atoms with E-state index in [4.69, 9.17) is 21.6 Å². The molecule has 3 aromatic rings. The largest absolute Gasteiger partial charge is 0.355 e. The van der Waals surface area contributed by atoms with Crippen LogP contribution in [-0.2, 0) is 11.2 Å². The van der Waals surface area contributed by atoms with E-state index in [0.29, 0.717) is 12.3 Å². The zero-order valence-electron chi connectivity index (χ0n) is 16.1. The maximum atomic E-state index is 12.3. The lowest BCUT2D eigenvalue weighted by Gasteiger charge is -2.19. The molecule has 1 fully saturated rings. The Balaban J connectivity index is 1.38.